The number of amides is 3. The van der Waals surface area contributed by atoms with E-state index < -0.39 is 0 Å². The molecule has 3 amide bonds. The van der Waals surface area contributed by atoms with Gasteiger partial charge in [0.25, 0.3) is 5.91 Å². The number of carbonyl (C=O) groups is 2. The first-order valence-corrected chi connectivity index (χ1v) is 6.76. The van der Waals surface area contributed by atoms with Gasteiger partial charge in [0.1, 0.15) is 26.2 Å². The van der Waals surface area contributed by atoms with E-state index in [-0.39, 0.29) is 18.0 Å². The summed E-state index contributed by atoms with van der Waals surface area (Å²) < 4.78 is 0. The first kappa shape index (κ1) is 14.9. The van der Waals surface area contributed by atoms with Gasteiger partial charge in [0.2, 0.25) is 0 Å². The van der Waals surface area contributed by atoms with Crippen LogP contribution in [0, 0.1) is 0 Å². The average molecular weight is 258 g/mol. The summed E-state index contributed by atoms with van der Waals surface area (Å²) in [5.41, 5.74) is 0. The molecule has 6 heteroatoms. The van der Waals surface area contributed by atoms with Gasteiger partial charge in [0, 0.05) is 6.04 Å². The van der Waals surface area contributed by atoms with Crippen molar-refractivity contribution in [1.29, 1.82) is 0 Å². The molecule has 0 saturated carbocycles. The van der Waals surface area contributed by atoms with Crippen LogP contribution in [0.15, 0.2) is 0 Å². The summed E-state index contributed by atoms with van der Waals surface area (Å²) in [5, 5.41) is 5.11. The van der Waals surface area contributed by atoms with Gasteiger partial charge in [-0.05, 0) is 13.3 Å². The zero-order chi connectivity index (χ0) is 13.5. The Kier molecular flexibility index (Phi) is 6.07. The summed E-state index contributed by atoms with van der Waals surface area (Å²) in [4.78, 5) is 25.9. The van der Waals surface area contributed by atoms with Crippen LogP contribution in [0.4, 0.5) is 4.79 Å². The molecule has 1 aliphatic heterocycles. The van der Waals surface area contributed by atoms with Gasteiger partial charge in [0.05, 0.1) is 7.05 Å². The highest BCUT2D eigenvalue weighted by Gasteiger charge is 2.23. The summed E-state index contributed by atoms with van der Waals surface area (Å²) in [5.74, 6) is -0.189. The van der Waals surface area contributed by atoms with Crippen LogP contribution in [0.1, 0.15) is 20.3 Å². The van der Waals surface area contributed by atoms with Crippen molar-refractivity contribution >= 4 is 11.9 Å². The molecule has 1 saturated heterocycles. The highest BCUT2D eigenvalue weighted by Crippen LogP contribution is 1.86. The minimum atomic E-state index is -0.381. The fourth-order valence-electron chi connectivity index (χ4n) is 1.97. The Morgan fingerprint density at radius 3 is 2.39 bits per heavy atom. The van der Waals surface area contributed by atoms with Gasteiger partial charge < -0.3 is 15.1 Å². The molecule has 0 radical (unpaired) electrons. The molecule has 6 nitrogen and oxygen atoms in total. The predicted molar refractivity (Wildman–Crippen MR) is 68.6 cm³/mol. The molecular formula is C12H26N4O2+2. The molecule has 0 aromatic rings. The molecule has 104 valence electrons. The van der Waals surface area contributed by atoms with Crippen LogP contribution in [-0.4, -0.2) is 57.8 Å². The first-order chi connectivity index (χ1) is 8.51. The molecule has 0 aromatic heterocycles. The number of carbonyl (C=O) groups excluding carboxylic acids is 2. The monoisotopic (exact) mass is 258 g/mol. The number of hydrogen-bond acceptors (Lipinski definition) is 2. The van der Waals surface area contributed by atoms with E-state index in [1.165, 1.54) is 9.80 Å². The summed E-state index contributed by atoms with van der Waals surface area (Å²) in [6, 6.07) is -0.286. The SMILES string of the molecule is CC[C@H](C)NC(=O)NC(=O)C[NH+]1CC[NH+](C)CC1. The van der Waals surface area contributed by atoms with Crippen molar-refractivity contribution in [3.8, 4) is 0 Å². The Hall–Kier alpha value is -1.14. The summed E-state index contributed by atoms with van der Waals surface area (Å²) in [6.45, 7) is 8.45. The number of imide groups is 1. The third-order valence-electron chi connectivity index (χ3n) is 3.46. The highest BCUT2D eigenvalue weighted by molar-refractivity contribution is 5.94. The van der Waals surface area contributed by atoms with Crippen LogP contribution in [0.5, 0.6) is 0 Å². The van der Waals surface area contributed by atoms with Crippen LogP contribution < -0.4 is 20.4 Å². The molecule has 0 bridgehead atoms. The number of quaternary nitrogens is 2. The standard InChI is InChI=1S/C12H24N4O2/c1-4-10(2)13-12(18)14-11(17)9-16-7-5-15(3)6-8-16/h10H,4-9H2,1-3H3,(H2,13,14,17,18)/p+2/t10-/m0/s1. The lowest BCUT2D eigenvalue weighted by Gasteiger charge is -2.26. The fraction of sp³-hybridized carbons (Fsp3) is 0.833. The van der Waals surface area contributed by atoms with Crippen LogP contribution >= 0.6 is 0 Å². The van der Waals surface area contributed by atoms with E-state index in [0.29, 0.717) is 6.54 Å². The van der Waals surface area contributed by atoms with Crippen molar-refractivity contribution < 1.29 is 19.4 Å². The highest BCUT2D eigenvalue weighted by atomic mass is 16.2. The number of likely N-dealkylation sites (N-methyl/N-ethyl adjacent to an activating group) is 1. The minimum Gasteiger partial charge on any atom is -0.335 e. The van der Waals surface area contributed by atoms with Gasteiger partial charge in [-0.1, -0.05) is 6.92 Å². The smallest absolute Gasteiger partial charge is 0.321 e. The summed E-state index contributed by atoms with van der Waals surface area (Å²) >= 11 is 0. The van der Waals surface area contributed by atoms with Crippen LogP contribution in [0.3, 0.4) is 0 Å². The maximum Gasteiger partial charge on any atom is 0.321 e. The first-order valence-electron chi connectivity index (χ1n) is 6.76. The fourth-order valence-corrected chi connectivity index (χ4v) is 1.97. The second kappa shape index (κ2) is 7.33. The van der Waals surface area contributed by atoms with Crippen molar-refractivity contribution in [2.75, 3.05) is 39.8 Å². The Balaban J connectivity index is 2.22. The molecule has 1 aliphatic rings. The van der Waals surface area contributed by atoms with E-state index in [2.05, 4.69) is 17.7 Å². The molecule has 0 aliphatic carbocycles. The van der Waals surface area contributed by atoms with Gasteiger partial charge in [-0.25, -0.2) is 4.79 Å². The van der Waals surface area contributed by atoms with Gasteiger partial charge in [-0.2, -0.15) is 0 Å². The second-order valence-corrected chi connectivity index (χ2v) is 5.21. The molecule has 0 aromatic carbocycles. The molecule has 1 heterocycles. The van der Waals surface area contributed by atoms with Crippen molar-refractivity contribution in [3.63, 3.8) is 0 Å². The van der Waals surface area contributed by atoms with E-state index in [1.807, 2.05) is 13.8 Å². The normalized spacial score (nSPS) is 25.3. The zero-order valence-corrected chi connectivity index (χ0v) is 11.6. The Morgan fingerprint density at radius 1 is 1.22 bits per heavy atom. The Labute approximate surface area is 109 Å². The molecule has 1 fully saturated rings. The number of urea groups is 1. The number of hydrogen-bond donors (Lipinski definition) is 4. The van der Waals surface area contributed by atoms with Gasteiger partial charge in [-0.3, -0.25) is 10.1 Å². The van der Waals surface area contributed by atoms with Crippen molar-refractivity contribution in [3.05, 3.63) is 0 Å². The quantitative estimate of drug-likeness (QED) is 0.435. The van der Waals surface area contributed by atoms with Crippen LogP contribution in [0.25, 0.3) is 0 Å². The molecule has 0 unspecified atom stereocenters. The topological polar surface area (TPSA) is 67.1 Å². The Morgan fingerprint density at radius 2 is 1.83 bits per heavy atom. The van der Waals surface area contributed by atoms with Crippen LogP contribution in [-0.2, 0) is 4.79 Å². The largest absolute Gasteiger partial charge is 0.335 e. The number of rotatable bonds is 4. The van der Waals surface area contributed by atoms with Crippen molar-refractivity contribution in [2.24, 2.45) is 0 Å². The minimum absolute atomic E-state index is 0.0948. The zero-order valence-electron chi connectivity index (χ0n) is 11.6. The van der Waals surface area contributed by atoms with E-state index in [0.717, 1.165) is 32.6 Å². The van der Waals surface area contributed by atoms with E-state index in [1.54, 1.807) is 0 Å². The Bertz CT molecular complexity index is 288. The molecule has 18 heavy (non-hydrogen) atoms. The molecule has 4 N–H and O–H groups in total. The number of nitrogens with one attached hydrogen (secondary N) is 4. The predicted octanol–water partition coefficient (Wildman–Crippen LogP) is -2.98. The average Bonchev–Trinajstić information content (AvgIpc) is 2.31. The van der Waals surface area contributed by atoms with Gasteiger partial charge >= 0.3 is 6.03 Å². The number of piperazine rings is 1. The molecule has 1 atom stereocenters. The van der Waals surface area contributed by atoms with Gasteiger partial charge in [0.15, 0.2) is 6.54 Å². The molecule has 1 rings (SSSR count). The van der Waals surface area contributed by atoms with Gasteiger partial charge in [-0.15, -0.1) is 0 Å². The van der Waals surface area contributed by atoms with E-state index in [4.69, 9.17) is 0 Å². The summed E-state index contributed by atoms with van der Waals surface area (Å²) in [6.07, 6.45) is 0.855. The van der Waals surface area contributed by atoms with Crippen molar-refractivity contribution in [1.82, 2.24) is 10.6 Å². The lowest BCUT2D eigenvalue weighted by atomic mass is 10.3. The summed E-state index contributed by atoms with van der Waals surface area (Å²) in [7, 11) is 2.16. The van der Waals surface area contributed by atoms with E-state index in [9.17, 15) is 9.59 Å². The molecule has 0 spiro atoms. The second-order valence-electron chi connectivity index (χ2n) is 5.21. The maximum atomic E-state index is 11.7. The van der Waals surface area contributed by atoms with E-state index >= 15 is 0 Å². The van der Waals surface area contributed by atoms with Crippen LogP contribution in [0.2, 0.25) is 0 Å². The molecular weight excluding hydrogens is 232 g/mol. The lowest BCUT2D eigenvalue weighted by Crippen LogP contribution is -3.27. The third-order valence-corrected chi connectivity index (χ3v) is 3.46. The maximum absolute atomic E-state index is 11.7. The third kappa shape index (κ3) is 5.46. The lowest BCUT2D eigenvalue weighted by molar-refractivity contribution is -1.000. The van der Waals surface area contributed by atoms with Crippen molar-refractivity contribution in [2.45, 2.75) is 26.3 Å².